The van der Waals surface area contributed by atoms with Gasteiger partial charge in [-0.25, -0.2) is 4.98 Å². The number of pyridine rings is 1. The predicted molar refractivity (Wildman–Crippen MR) is 101 cm³/mol. The fraction of sp³-hybridized carbons (Fsp3) is 0.294. The highest BCUT2D eigenvalue weighted by Gasteiger charge is 2.30. The first-order valence-electron chi connectivity index (χ1n) is 7.50. The van der Waals surface area contributed by atoms with Crippen LogP contribution in [0.2, 0.25) is 0 Å². The minimum Gasteiger partial charge on any atom is -0.439 e. The number of benzene rings is 1. The highest BCUT2D eigenvalue weighted by Crippen LogP contribution is 2.30. The Hall–Kier alpha value is -2.03. The van der Waals surface area contributed by atoms with Crippen LogP contribution in [0.25, 0.3) is 0 Å². The summed E-state index contributed by atoms with van der Waals surface area (Å²) >= 11 is 0. The van der Waals surface area contributed by atoms with Gasteiger partial charge in [-0.3, -0.25) is 4.79 Å². The molecule has 0 aliphatic heterocycles. The van der Waals surface area contributed by atoms with E-state index in [4.69, 9.17) is 10.5 Å². The molecule has 0 fully saturated rings. The Balaban J connectivity index is 0.00000338. The SMILES string of the molecule is CC(CN)N(C)C(=O)c1ccc(Oc2ccc(C(F)(F)F)cn2)cc1.Cl.Cl. The third-order valence-electron chi connectivity index (χ3n) is 3.71. The van der Waals surface area contributed by atoms with Crippen LogP contribution in [-0.4, -0.2) is 35.4 Å². The van der Waals surface area contributed by atoms with E-state index in [1.807, 2.05) is 6.92 Å². The van der Waals surface area contributed by atoms with Crippen LogP contribution >= 0.6 is 24.8 Å². The van der Waals surface area contributed by atoms with Gasteiger partial charge < -0.3 is 15.4 Å². The number of rotatable bonds is 5. The number of nitrogens with two attached hydrogens (primary N) is 1. The molecule has 150 valence electrons. The number of alkyl halides is 3. The summed E-state index contributed by atoms with van der Waals surface area (Å²) in [5.41, 5.74) is 5.15. The highest BCUT2D eigenvalue weighted by atomic mass is 35.5. The maximum atomic E-state index is 12.5. The first kappa shape index (κ1) is 25.0. The fourth-order valence-corrected chi connectivity index (χ4v) is 1.96. The van der Waals surface area contributed by atoms with Crippen molar-refractivity contribution in [3.05, 3.63) is 53.7 Å². The summed E-state index contributed by atoms with van der Waals surface area (Å²) < 4.78 is 42.9. The second kappa shape index (κ2) is 10.3. The summed E-state index contributed by atoms with van der Waals surface area (Å²) in [4.78, 5) is 17.4. The Morgan fingerprint density at radius 1 is 1.19 bits per heavy atom. The maximum absolute atomic E-state index is 12.5. The zero-order chi connectivity index (χ0) is 18.6. The van der Waals surface area contributed by atoms with Crippen molar-refractivity contribution in [3.63, 3.8) is 0 Å². The average Bonchev–Trinajstić information content (AvgIpc) is 2.60. The van der Waals surface area contributed by atoms with Crippen LogP contribution in [-0.2, 0) is 6.18 Å². The van der Waals surface area contributed by atoms with Crippen molar-refractivity contribution in [3.8, 4) is 11.6 Å². The topological polar surface area (TPSA) is 68.5 Å². The molecule has 1 heterocycles. The molecule has 2 N–H and O–H groups in total. The Morgan fingerprint density at radius 3 is 2.22 bits per heavy atom. The van der Waals surface area contributed by atoms with Crippen LogP contribution in [0.1, 0.15) is 22.8 Å². The van der Waals surface area contributed by atoms with Gasteiger partial charge in [0, 0.05) is 37.5 Å². The number of amides is 1. The molecule has 27 heavy (non-hydrogen) atoms. The molecule has 10 heteroatoms. The number of halogens is 5. The molecule has 1 amide bonds. The number of likely N-dealkylation sites (N-methyl/N-ethyl adjacent to an activating group) is 1. The van der Waals surface area contributed by atoms with Gasteiger partial charge in [0.15, 0.2) is 0 Å². The summed E-state index contributed by atoms with van der Waals surface area (Å²) in [6.07, 6.45) is -3.74. The third kappa shape index (κ3) is 6.57. The van der Waals surface area contributed by atoms with Crippen LogP contribution in [0, 0.1) is 0 Å². The lowest BCUT2D eigenvalue weighted by Crippen LogP contribution is -2.39. The van der Waals surface area contributed by atoms with Crippen molar-refractivity contribution < 1.29 is 22.7 Å². The molecule has 1 atom stereocenters. The van der Waals surface area contributed by atoms with Gasteiger partial charge >= 0.3 is 6.18 Å². The number of carbonyl (C=O) groups is 1. The number of nitrogens with zero attached hydrogens (tertiary/aromatic N) is 2. The van der Waals surface area contributed by atoms with E-state index in [1.54, 1.807) is 31.3 Å². The smallest absolute Gasteiger partial charge is 0.417 e. The Labute approximate surface area is 167 Å². The number of hydrogen-bond acceptors (Lipinski definition) is 4. The van der Waals surface area contributed by atoms with E-state index in [-0.39, 0.29) is 42.6 Å². The molecule has 0 radical (unpaired) electrons. The van der Waals surface area contributed by atoms with E-state index in [0.29, 0.717) is 24.1 Å². The number of carbonyl (C=O) groups excluding carboxylic acids is 1. The van der Waals surface area contributed by atoms with Gasteiger partial charge in [-0.15, -0.1) is 24.8 Å². The molecule has 1 aromatic heterocycles. The normalized spacial score (nSPS) is 11.6. The van der Waals surface area contributed by atoms with E-state index in [9.17, 15) is 18.0 Å². The number of hydrogen-bond donors (Lipinski definition) is 1. The molecule has 5 nitrogen and oxygen atoms in total. The van der Waals surface area contributed by atoms with E-state index in [1.165, 1.54) is 4.90 Å². The van der Waals surface area contributed by atoms with Crippen molar-refractivity contribution in [2.75, 3.05) is 13.6 Å². The standard InChI is InChI=1S/C17H18F3N3O2.2ClH/c1-11(9-21)23(2)16(24)12-3-6-14(7-4-12)25-15-8-5-13(10-22-15)17(18,19)20;;/h3-8,10-11H,9,21H2,1-2H3;2*1H. The quantitative estimate of drug-likeness (QED) is 0.780. The van der Waals surface area contributed by atoms with Crippen molar-refractivity contribution in [2.45, 2.75) is 19.1 Å². The molecule has 0 aliphatic carbocycles. The number of aromatic nitrogens is 1. The summed E-state index contributed by atoms with van der Waals surface area (Å²) in [5, 5.41) is 0. The van der Waals surface area contributed by atoms with E-state index in [2.05, 4.69) is 4.98 Å². The zero-order valence-corrected chi connectivity index (χ0v) is 16.2. The molecule has 0 aliphatic rings. The molecule has 0 saturated carbocycles. The van der Waals surface area contributed by atoms with Gasteiger partial charge in [0.1, 0.15) is 5.75 Å². The maximum Gasteiger partial charge on any atom is 0.417 e. The second-order valence-corrected chi connectivity index (χ2v) is 5.51. The number of ether oxygens (including phenoxy) is 1. The van der Waals surface area contributed by atoms with E-state index < -0.39 is 11.7 Å². The molecule has 1 aromatic carbocycles. The Morgan fingerprint density at radius 2 is 1.78 bits per heavy atom. The zero-order valence-electron chi connectivity index (χ0n) is 14.6. The van der Waals surface area contributed by atoms with Gasteiger partial charge in [-0.05, 0) is 37.3 Å². The van der Waals surface area contributed by atoms with Crippen molar-refractivity contribution in [1.29, 1.82) is 0 Å². The van der Waals surface area contributed by atoms with Gasteiger partial charge in [-0.2, -0.15) is 13.2 Å². The van der Waals surface area contributed by atoms with Gasteiger partial charge in [-0.1, -0.05) is 0 Å². The molecule has 2 rings (SSSR count). The fourth-order valence-electron chi connectivity index (χ4n) is 1.96. The Kier molecular flexibility index (Phi) is 9.56. The van der Waals surface area contributed by atoms with E-state index >= 15 is 0 Å². The van der Waals surface area contributed by atoms with Crippen LogP contribution in [0.4, 0.5) is 13.2 Å². The molecule has 0 saturated heterocycles. The summed E-state index contributed by atoms with van der Waals surface area (Å²) in [7, 11) is 1.66. The Bertz CT molecular complexity index is 726. The van der Waals surface area contributed by atoms with Gasteiger partial charge in [0.2, 0.25) is 5.88 Å². The second-order valence-electron chi connectivity index (χ2n) is 5.51. The summed E-state index contributed by atoms with van der Waals surface area (Å²) in [6.45, 7) is 2.19. The van der Waals surface area contributed by atoms with Crippen LogP contribution in [0.3, 0.4) is 0 Å². The predicted octanol–water partition coefficient (Wildman–Crippen LogP) is 4.16. The first-order valence-corrected chi connectivity index (χ1v) is 7.50. The highest BCUT2D eigenvalue weighted by molar-refractivity contribution is 5.94. The van der Waals surface area contributed by atoms with Crippen LogP contribution in [0.5, 0.6) is 11.6 Å². The minimum absolute atomic E-state index is 0. The average molecular weight is 426 g/mol. The first-order chi connectivity index (χ1) is 11.7. The summed E-state index contributed by atoms with van der Waals surface area (Å²) in [6, 6.07) is 8.17. The minimum atomic E-state index is -4.44. The monoisotopic (exact) mass is 425 g/mol. The lowest BCUT2D eigenvalue weighted by Gasteiger charge is -2.23. The third-order valence-corrected chi connectivity index (χ3v) is 3.71. The van der Waals surface area contributed by atoms with E-state index in [0.717, 1.165) is 12.1 Å². The molecule has 1 unspecified atom stereocenters. The lowest BCUT2D eigenvalue weighted by molar-refractivity contribution is -0.137. The molecular formula is C17H20Cl2F3N3O2. The lowest BCUT2D eigenvalue weighted by atomic mass is 10.1. The van der Waals surface area contributed by atoms with Crippen LogP contribution in [0.15, 0.2) is 42.6 Å². The largest absolute Gasteiger partial charge is 0.439 e. The summed E-state index contributed by atoms with van der Waals surface area (Å²) in [5.74, 6) is 0.205. The molecule has 0 spiro atoms. The van der Waals surface area contributed by atoms with Crippen molar-refractivity contribution >= 4 is 30.7 Å². The molecule has 2 aromatic rings. The van der Waals surface area contributed by atoms with Gasteiger partial charge in [0.25, 0.3) is 5.91 Å². The van der Waals surface area contributed by atoms with Crippen molar-refractivity contribution in [2.24, 2.45) is 5.73 Å². The van der Waals surface area contributed by atoms with Crippen LogP contribution < -0.4 is 10.5 Å². The van der Waals surface area contributed by atoms with Gasteiger partial charge in [0.05, 0.1) is 5.56 Å². The molecule has 0 bridgehead atoms. The molecular weight excluding hydrogens is 406 g/mol. The van der Waals surface area contributed by atoms with Crippen molar-refractivity contribution in [1.82, 2.24) is 9.88 Å².